The molecule has 2 aromatic rings. The summed E-state index contributed by atoms with van der Waals surface area (Å²) >= 11 is 1.56. The standard InChI is InChI=1S/C17H19F2NS/c1-3-20-17(13-7-12(2)8-15(19)9-13)11-21-16-6-4-5-14(18)10-16/h4-10,17,20H,3,11H2,1-2H3. The Hall–Kier alpha value is -1.39. The molecule has 0 spiro atoms. The lowest BCUT2D eigenvalue weighted by Crippen LogP contribution is -2.23. The third kappa shape index (κ3) is 4.83. The van der Waals surface area contributed by atoms with E-state index >= 15 is 0 Å². The molecule has 0 aliphatic carbocycles. The molecule has 0 saturated carbocycles. The van der Waals surface area contributed by atoms with Crippen LogP contribution in [0.4, 0.5) is 8.78 Å². The van der Waals surface area contributed by atoms with Crippen LogP contribution in [0.5, 0.6) is 0 Å². The number of thioether (sulfide) groups is 1. The summed E-state index contributed by atoms with van der Waals surface area (Å²) in [6, 6.07) is 11.6. The van der Waals surface area contributed by atoms with E-state index in [0.717, 1.165) is 28.3 Å². The summed E-state index contributed by atoms with van der Waals surface area (Å²) < 4.78 is 26.8. The maximum absolute atomic E-state index is 13.6. The lowest BCUT2D eigenvalue weighted by Gasteiger charge is -2.19. The molecule has 1 unspecified atom stereocenters. The van der Waals surface area contributed by atoms with E-state index in [9.17, 15) is 8.78 Å². The van der Waals surface area contributed by atoms with Gasteiger partial charge >= 0.3 is 0 Å². The molecule has 0 aliphatic heterocycles. The molecule has 2 rings (SSSR count). The highest BCUT2D eigenvalue weighted by Crippen LogP contribution is 2.26. The van der Waals surface area contributed by atoms with Gasteiger partial charge < -0.3 is 5.32 Å². The second kappa shape index (κ2) is 7.57. The summed E-state index contributed by atoms with van der Waals surface area (Å²) in [5, 5.41) is 3.36. The van der Waals surface area contributed by atoms with Crippen molar-refractivity contribution >= 4 is 11.8 Å². The number of benzene rings is 2. The van der Waals surface area contributed by atoms with E-state index in [1.54, 1.807) is 23.9 Å². The summed E-state index contributed by atoms with van der Waals surface area (Å²) in [5.74, 6) is 0.269. The largest absolute Gasteiger partial charge is 0.309 e. The van der Waals surface area contributed by atoms with Gasteiger partial charge in [0.25, 0.3) is 0 Å². The van der Waals surface area contributed by atoms with Crippen LogP contribution >= 0.6 is 11.8 Å². The Morgan fingerprint density at radius 3 is 2.57 bits per heavy atom. The van der Waals surface area contributed by atoms with Crippen molar-refractivity contribution in [3.63, 3.8) is 0 Å². The van der Waals surface area contributed by atoms with Crippen molar-refractivity contribution in [3.05, 3.63) is 65.2 Å². The minimum atomic E-state index is -0.235. The first kappa shape index (κ1) is 16.0. The predicted molar refractivity (Wildman–Crippen MR) is 84.7 cm³/mol. The fourth-order valence-electron chi connectivity index (χ4n) is 2.22. The number of rotatable bonds is 6. The zero-order chi connectivity index (χ0) is 15.2. The van der Waals surface area contributed by atoms with Crippen LogP contribution in [0.15, 0.2) is 47.4 Å². The highest BCUT2D eigenvalue weighted by atomic mass is 32.2. The van der Waals surface area contributed by atoms with Gasteiger partial charge in [-0.15, -0.1) is 11.8 Å². The minimum Gasteiger partial charge on any atom is -0.309 e. The number of hydrogen-bond acceptors (Lipinski definition) is 2. The maximum Gasteiger partial charge on any atom is 0.124 e. The summed E-state index contributed by atoms with van der Waals surface area (Å²) in [6.45, 7) is 4.70. The van der Waals surface area contributed by atoms with Crippen LogP contribution in [0.1, 0.15) is 24.1 Å². The van der Waals surface area contributed by atoms with Crippen molar-refractivity contribution in [1.29, 1.82) is 0 Å². The van der Waals surface area contributed by atoms with E-state index < -0.39 is 0 Å². The Morgan fingerprint density at radius 1 is 1.10 bits per heavy atom. The van der Waals surface area contributed by atoms with E-state index in [-0.39, 0.29) is 17.7 Å². The fraction of sp³-hybridized carbons (Fsp3) is 0.294. The van der Waals surface area contributed by atoms with Crippen LogP contribution in [0, 0.1) is 18.6 Å². The molecule has 0 bridgehead atoms. The normalized spacial score (nSPS) is 12.4. The first-order valence-electron chi connectivity index (χ1n) is 6.97. The Bertz CT molecular complexity index is 581. The molecule has 2 aromatic carbocycles. The molecule has 0 amide bonds. The predicted octanol–water partition coefficient (Wildman–Crippen LogP) is 4.72. The van der Waals surface area contributed by atoms with Crippen LogP contribution < -0.4 is 5.32 Å². The van der Waals surface area contributed by atoms with Crippen LogP contribution in [0.3, 0.4) is 0 Å². The highest BCUT2D eigenvalue weighted by molar-refractivity contribution is 7.99. The van der Waals surface area contributed by atoms with Crippen molar-refractivity contribution in [3.8, 4) is 0 Å². The van der Waals surface area contributed by atoms with E-state index in [0.29, 0.717) is 0 Å². The quantitative estimate of drug-likeness (QED) is 0.775. The zero-order valence-electron chi connectivity index (χ0n) is 12.2. The average Bonchev–Trinajstić information content (AvgIpc) is 2.42. The molecule has 0 radical (unpaired) electrons. The maximum atomic E-state index is 13.6. The third-order valence-corrected chi connectivity index (χ3v) is 4.22. The first-order valence-corrected chi connectivity index (χ1v) is 7.96. The molecule has 4 heteroatoms. The molecule has 0 aromatic heterocycles. The van der Waals surface area contributed by atoms with E-state index in [1.165, 1.54) is 18.2 Å². The monoisotopic (exact) mass is 307 g/mol. The van der Waals surface area contributed by atoms with Crippen molar-refractivity contribution in [2.75, 3.05) is 12.3 Å². The van der Waals surface area contributed by atoms with Crippen molar-refractivity contribution in [2.45, 2.75) is 24.8 Å². The molecule has 0 aliphatic rings. The van der Waals surface area contributed by atoms with E-state index in [4.69, 9.17) is 0 Å². The van der Waals surface area contributed by atoms with Gasteiger partial charge in [0.2, 0.25) is 0 Å². The van der Waals surface area contributed by atoms with Gasteiger partial charge in [-0.25, -0.2) is 8.78 Å². The summed E-state index contributed by atoms with van der Waals surface area (Å²) in [5.41, 5.74) is 1.84. The second-order valence-electron chi connectivity index (χ2n) is 4.94. The number of halogens is 2. The summed E-state index contributed by atoms with van der Waals surface area (Å²) in [7, 11) is 0. The number of aryl methyl sites for hydroxylation is 1. The van der Waals surface area contributed by atoms with Crippen molar-refractivity contribution in [2.24, 2.45) is 0 Å². The van der Waals surface area contributed by atoms with Crippen LogP contribution in [-0.2, 0) is 0 Å². The number of nitrogens with one attached hydrogen (secondary N) is 1. The van der Waals surface area contributed by atoms with Gasteiger partial charge in [0, 0.05) is 16.7 Å². The molecule has 21 heavy (non-hydrogen) atoms. The van der Waals surface area contributed by atoms with Crippen molar-refractivity contribution in [1.82, 2.24) is 5.32 Å². The molecule has 1 N–H and O–H groups in total. The SMILES string of the molecule is CCNC(CSc1cccc(F)c1)c1cc(C)cc(F)c1. The Labute approximate surface area is 128 Å². The van der Waals surface area contributed by atoms with Gasteiger partial charge in [-0.05, 0) is 54.9 Å². The second-order valence-corrected chi connectivity index (χ2v) is 6.03. The first-order chi connectivity index (χ1) is 10.1. The van der Waals surface area contributed by atoms with Gasteiger partial charge in [0.05, 0.1) is 0 Å². The van der Waals surface area contributed by atoms with E-state index in [2.05, 4.69) is 5.32 Å². The third-order valence-electron chi connectivity index (χ3n) is 3.13. The molecule has 0 heterocycles. The van der Waals surface area contributed by atoms with Crippen LogP contribution in [-0.4, -0.2) is 12.3 Å². The Balaban J connectivity index is 2.11. The van der Waals surface area contributed by atoms with E-state index in [1.807, 2.05) is 26.0 Å². The van der Waals surface area contributed by atoms with Gasteiger partial charge in [-0.2, -0.15) is 0 Å². The summed E-state index contributed by atoms with van der Waals surface area (Å²) in [4.78, 5) is 0.881. The molecular weight excluding hydrogens is 288 g/mol. The Morgan fingerprint density at radius 2 is 1.90 bits per heavy atom. The van der Waals surface area contributed by atoms with Gasteiger partial charge in [0.1, 0.15) is 11.6 Å². The fourth-order valence-corrected chi connectivity index (χ4v) is 3.26. The summed E-state index contributed by atoms with van der Waals surface area (Å²) in [6.07, 6.45) is 0. The van der Waals surface area contributed by atoms with Crippen LogP contribution in [0.2, 0.25) is 0 Å². The molecule has 1 atom stereocenters. The lowest BCUT2D eigenvalue weighted by molar-refractivity contribution is 0.587. The molecule has 1 nitrogen and oxygen atoms in total. The number of hydrogen-bond donors (Lipinski definition) is 1. The minimum absolute atomic E-state index is 0.0395. The molecular formula is C17H19F2NS. The highest BCUT2D eigenvalue weighted by Gasteiger charge is 2.12. The topological polar surface area (TPSA) is 12.0 Å². The smallest absolute Gasteiger partial charge is 0.124 e. The van der Waals surface area contributed by atoms with Crippen LogP contribution in [0.25, 0.3) is 0 Å². The Kier molecular flexibility index (Phi) is 5.76. The lowest BCUT2D eigenvalue weighted by atomic mass is 10.1. The molecule has 0 fully saturated rings. The van der Waals surface area contributed by atoms with Gasteiger partial charge in [-0.3, -0.25) is 0 Å². The van der Waals surface area contributed by atoms with Crippen molar-refractivity contribution < 1.29 is 8.78 Å². The van der Waals surface area contributed by atoms with Gasteiger partial charge in [0.15, 0.2) is 0 Å². The average molecular weight is 307 g/mol. The zero-order valence-corrected chi connectivity index (χ0v) is 13.0. The van der Waals surface area contributed by atoms with Gasteiger partial charge in [-0.1, -0.05) is 19.1 Å². The molecule has 0 saturated heterocycles. The molecule has 112 valence electrons.